The number of ether oxygens (including phenoxy) is 5. The average molecular weight is 523 g/mol. The Morgan fingerprint density at radius 3 is 2.03 bits per heavy atom. The molecule has 208 valence electrons. The van der Waals surface area contributed by atoms with Crippen LogP contribution in [0.5, 0.6) is 5.75 Å². The van der Waals surface area contributed by atoms with Gasteiger partial charge in [0.2, 0.25) is 5.91 Å². The first-order chi connectivity index (χ1) is 18.1. The fourth-order valence-electron chi connectivity index (χ4n) is 5.28. The molecule has 1 aromatic rings. The molecule has 3 N–H and O–H groups in total. The molecule has 3 saturated carbocycles. The lowest BCUT2D eigenvalue weighted by Gasteiger charge is -2.52. The average Bonchev–Trinajstić information content (AvgIpc) is 2.95. The first-order valence-electron chi connectivity index (χ1n) is 13.3. The summed E-state index contributed by atoms with van der Waals surface area (Å²) in [5, 5.41) is 3.10. The van der Waals surface area contributed by atoms with Crippen molar-refractivity contribution in [1.82, 2.24) is 5.32 Å². The van der Waals surface area contributed by atoms with Crippen LogP contribution in [-0.4, -0.2) is 79.0 Å². The molecule has 1 amide bonds. The number of amides is 1. The molecule has 0 unspecified atom stereocenters. The van der Waals surface area contributed by atoms with Crippen molar-refractivity contribution in [2.75, 3.05) is 73.1 Å². The minimum atomic E-state index is -0.256. The van der Waals surface area contributed by atoms with Gasteiger partial charge in [-0.15, -0.1) is 0 Å². The number of hydrogen-bond acceptors (Lipinski definition) is 7. The standard InChI is InChI=1S/C28H43FN2O6/c1-33-14-15-35-18-19-36-17-16-34-13-12-31-26(32)28-9-6-27(7-10-28,8-11-28)24-2-4-25(5-3-24)37-22-23(20-29)21-30/h2-5,20H,6-19,21-22,30H2,1H3,(H,31,32)/b23-20+. The van der Waals surface area contributed by atoms with Crippen LogP contribution in [0, 0.1) is 5.41 Å². The van der Waals surface area contributed by atoms with E-state index < -0.39 is 0 Å². The van der Waals surface area contributed by atoms with Gasteiger partial charge < -0.3 is 34.7 Å². The van der Waals surface area contributed by atoms with Gasteiger partial charge in [-0.1, -0.05) is 12.1 Å². The van der Waals surface area contributed by atoms with Crippen molar-refractivity contribution >= 4 is 5.91 Å². The number of hydrogen-bond donors (Lipinski definition) is 2. The van der Waals surface area contributed by atoms with Crippen molar-refractivity contribution in [3.05, 3.63) is 41.7 Å². The third kappa shape index (κ3) is 8.48. The normalized spacial score (nSPS) is 23.3. The summed E-state index contributed by atoms with van der Waals surface area (Å²) in [4.78, 5) is 13.0. The van der Waals surface area contributed by atoms with E-state index in [1.54, 1.807) is 7.11 Å². The molecule has 0 radical (unpaired) electrons. The number of nitrogens with one attached hydrogen (secondary N) is 1. The number of halogens is 1. The minimum absolute atomic E-state index is 0.125. The van der Waals surface area contributed by atoms with Crippen LogP contribution in [0.4, 0.5) is 4.39 Å². The number of fused-ring (bicyclic) bond motifs is 3. The Bertz CT molecular complexity index is 823. The molecule has 4 rings (SSSR count). The van der Waals surface area contributed by atoms with Crippen LogP contribution in [0.25, 0.3) is 0 Å². The monoisotopic (exact) mass is 522 g/mol. The van der Waals surface area contributed by atoms with Gasteiger partial charge in [-0.2, -0.15) is 0 Å². The molecule has 1 aromatic carbocycles. The largest absolute Gasteiger partial charge is 0.489 e. The van der Waals surface area contributed by atoms with E-state index in [4.69, 9.17) is 29.4 Å². The predicted octanol–water partition coefficient (Wildman–Crippen LogP) is 3.28. The number of methoxy groups -OCH3 is 1. The highest BCUT2D eigenvalue weighted by atomic mass is 19.1. The van der Waals surface area contributed by atoms with Gasteiger partial charge in [-0.25, -0.2) is 4.39 Å². The highest BCUT2D eigenvalue weighted by Gasteiger charge is 2.52. The first kappa shape index (κ1) is 29.5. The van der Waals surface area contributed by atoms with E-state index in [0.29, 0.717) is 70.4 Å². The summed E-state index contributed by atoms with van der Waals surface area (Å²) in [5.41, 5.74) is 7.07. The van der Waals surface area contributed by atoms with Gasteiger partial charge in [0.05, 0.1) is 52.6 Å². The van der Waals surface area contributed by atoms with Crippen LogP contribution in [0.15, 0.2) is 36.2 Å². The molecule has 0 atom stereocenters. The summed E-state index contributed by atoms with van der Waals surface area (Å²) in [5.74, 6) is 0.864. The Morgan fingerprint density at radius 1 is 0.919 bits per heavy atom. The molecule has 0 heterocycles. The summed E-state index contributed by atoms with van der Waals surface area (Å²) >= 11 is 0. The third-order valence-corrected chi connectivity index (χ3v) is 7.74. The summed E-state index contributed by atoms with van der Waals surface area (Å²) in [6.45, 7) is 4.49. The van der Waals surface area contributed by atoms with Crippen molar-refractivity contribution < 1.29 is 32.9 Å². The van der Waals surface area contributed by atoms with Crippen LogP contribution in [-0.2, 0) is 29.2 Å². The lowest BCUT2D eigenvalue weighted by atomic mass is 9.51. The van der Waals surface area contributed by atoms with Crippen molar-refractivity contribution in [1.29, 1.82) is 0 Å². The van der Waals surface area contributed by atoms with Gasteiger partial charge in [-0.05, 0) is 61.6 Å². The van der Waals surface area contributed by atoms with Crippen LogP contribution >= 0.6 is 0 Å². The Balaban J connectivity index is 1.32. The molecule has 3 aliphatic rings. The number of carbonyl (C=O) groups excluding carboxylic acids is 1. The molecule has 9 heteroatoms. The number of benzene rings is 1. The zero-order valence-electron chi connectivity index (χ0n) is 22.1. The molecule has 8 nitrogen and oxygen atoms in total. The second-order valence-corrected chi connectivity index (χ2v) is 9.93. The zero-order chi connectivity index (χ0) is 26.4. The zero-order valence-corrected chi connectivity index (χ0v) is 22.1. The quantitative estimate of drug-likeness (QED) is 0.285. The maximum atomic E-state index is 13.0. The smallest absolute Gasteiger partial charge is 0.226 e. The fraction of sp³-hybridized carbons (Fsp3) is 0.679. The SMILES string of the molecule is COCCOCCOCCOCCNC(=O)C12CCC(c3ccc(OC/C(=C/F)CN)cc3)(CC1)CC2. The van der Waals surface area contributed by atoms with Crippen LogP contribution < -0.4 is 15.8 Å². The van der Waals surface area contributed by atoms with Gasteiger partial charge >= 0.3 is 0 Å². The van der Waals surface area contributed by atoms with E-state index in [-0.39, 0.29) is 29.9 Å². The van der Waals surface area contributed by atoms with Gasteiger partial charge in [0.25, 0.3) is 0 Å². The molecule has 3 fully saturated rings. The molecule has 0 saturated heterocycles. The lowest BCUT2D eigenvalue weighted by molar-refractivity contribution is -0.138. The molecule has 0 aliphatic heterocycles. The van der Waals surface area contributed by atoms with E-state index in [9.17, 15) is 9.18 Å². The highest BCUT2D eigenvalue weighted by Crippen LogP contribution is 2.57. The maximum Gasteiger partial charge on any atom is 0.226 e. The van der Waals surface area contributed by atoms with E-state index in [0.717, 1.165) is 38.5 Å². The van der Waals surface area contributed by atoms with Gasteiger partial charge in [0.15, 0.2) is 0 Å². The van der Waals surface area contributed by atoms with Crippen molar-refractivity contribution in [2.24, 2.45) is 11.1 Å². The van der Waals surface area contributed by atoms with Gasteiger partial charge in [0.1, 0.15) is 12.4 Å². The summed E-state index contributed by atoms with van der Waals surface area (Å²) in [6.07, 6.45) is 6.23. The predicted molar refractivity (Wildman–Crippen MR) is 139 cm³/mol. The van der Waals surface area contributed by atoms with E-state index in [2.05, 4.69) is 17.4 Å². The molecular formula is C28H43FN2O6. The second kappa shape index (κ2) is 15.4. The highest BCUT2D eigenvalue weighted by molar-refractivity contribution is 5.83. The molecule has 0 aromatic heterocycles. The Morgan fingerprint density at radius 2 is 1.49 bits per heavy atom. The van der Waals surface area contributed by atoms with E-state index in [1.807, 2.05) is 12.1 Å². The van der Waals surface area contributed by atoms with Crippen LogP contribution in [0.2, 0.25) is 0 Å². The number of rotatable bonds is 18. The van der Waals surface area contributed by atoms with E-state index >= 15 is 0 Å². The van der Waals surface area contributed by atoms with Crippen molar-refractivity contribution in [3.8, 4) is 5.75 Å². The molecular weight excluding hydrogens is 479 g/mol. The summed E-state index contributed by atoms with van der Waals surface area (Å²) in [7, 11) is 1.64. The lowest BCUT2D eigenvalue weighted by Crippen LogP contribution is -2.52. The number of nitrogens with two attached hydrogens (primary N) is 1. The molecule has 2 bridgehead atoms. The Labute approximate surface area is 220 Å². The van der Waals surface area contributed by atoms with Crippen LogP contribution in [0.3, 0.4) is 0 Å². The third-order valence-electron chi connectivity index (χ3n) is 7.74. The van der Waals surface area contributed by atoms with Crippen molar-refractivity contribution in [3.63, 3.8) is 0 Å². The Kier molecular flexibility index (Phi) is 12.3. The maximum absolute atomic E-state index is 13.0. The molecule has 37 heavy (non-hydrogen) atoms. The summed E-state index contributed by atoms with van der Waals surface area (Å²) < 4.78 is 39.6. The van der Waals surface area contributed by atoms with Crippen molar-refractivity contribution in [2.45, 2.75) is 43.9 Å². The van der Waals surface area contributed by atoms with Gasteiger partial charge in [-0.3, -0.25) is 4.79 Å². The van der Waals surface area contributed by atoms with Gasteiger partial charge in [0, 0.05) is 31.2 Å². The second-order valence-electron chi connectivity index (χ2n) is 9.93. The molecule has 0 spiro atoms. The fourth-order valence-corrected chi connectivity index (χ4v) is 5.28. The van der Waals surface area contributed by atoms with Crippen LogP contribution in [0.1, 0.15) is 44.1 Å². The van der Waals surface area contributed by atoms with E-state index in [1.165, 1.54) is 5.56 Å². The Hall–Kier alpha value is -2.04. The number of carbonyl (C=O) groups is 1. The summed E-state index contributed by atoms with van der Waals surface area (Å²) in [6, 6.07) is 8.12. The topological polar surface area (TPSA) is 101 Å². The molecule has 3 aliphatic carbocycles. The minimum Gasteiger partial charge on any atom is -0.489 e. The first-order valence-corrected chi connectivity index (χ1v) is 13.3.